The minimum Gasteiger partial charge on any atom is -0.353 e. The summed E-state index contributed by atoms with van der Waals surface area (Å²) in [6, 6.07) is 3.81. The summed E-state index contributed by atoms with van der Waals surface area (Å²) in [5.74, 6) is 1.61. The van der Waals surface area contributed by atoms with Gasteiger partial charge in [0.2, 0.25) is 0 Å². The first kappa shape index (κ1) is 15.3. The third kappa shape index (κ3) is 3.24. The van der Waals surface area contributed by atoms with Gasteiger partial charge in [-0.3, -0.25) is 4.79 Å². The second-order valence-corrected chi connectivity index (χ2v) is 6.66. The average Bonchev–Trinajstić information content (AvgIpc) is 2.55. The molecule has 0 bridgehead atoms. The Kier molecular flexibility index (Phi) is 4.62. The van der Waals surface area contributed by atoms with Gasteiger partial charge in [0.15, 0.2) is 0 Å². The third-order valence-corrected chi connectivity index (χ3v) is 4.76. The molecule has 1 amide bonds. The van der Waals surface area contributed by atoms with E-state index < -0.39 is 0 Å². The quantitative estimate of drug-likeness (QED) is 0.834. The minimum absolute atomic E-state index is 0.147. The molecular formula is C17H26N4O. The molecule has 22 heavy (non-hydrogen) atoms. The van der Waals surface area contributed by atoms with Crippen LogP contribution in [0.5, 0.6) is 0 Å². The normalized spacial score (nSPS) is 23.6. The van der Waals surface area contributed by atoms with E-state index in [0.717, 1.165) is 57.1 Å². The number of amides is 1. The Bertz CT molecular complexity index is 525. The Morgan fingerprint density at radius 3 is 2.73 bits per heavy atom. The number of carbonyl (C=O) groups is 1. The molecule has 1 atom stereocenters. The molecule has 3 heterocycles. The number of piperazine rings is 1. The zero-order chi connectivity index (χ0) is 15.5. The predicted molar refractivity (Wildman–Crippen MR) is 88.2 cm³/mol. The van der Waals surface area contributed by atoms with E-state index in [4.69, 9.17) is 0 Å². The van der Waals surface area contributed by atoms with Crippen LogP contribution in [0.25, 0.3) is 0 Å². The molecule has 0 spiro atoms. The lowest BCUT2D eigenvalue weighted by molar-refractivity contribution is 0.0683. The Labute approximate surface area is 132 Å². The fourth-order valence-corrected chi connectivity index (χ4v) is 3.38. The average molecular weight is 302 g/mol. The van der Waals surface area contributed by atoms with Gasteiger partial charge in [0.1, 0.15) is 5.82 Å². The lowest BCUT2D eigenvalue weighted by Crippen LogP contribution is -2.46. The maximum atomic E-state index is 12.9. The van der Waals surface area contributed by atoms with Crippen LogP contribution in [0.2, 0.25) is 0 Å². The fraction of sp³-hybridized carbons (Fsp3) is 0.647. The van der Waals surface area contributed by atoms with Crippen LogP contribution in [-0.2, 0) is 0 Å². The molecule has 0 aromatic carbocycles. The van der Waals surface area contributed by atoms with E-state index in [-0.39, 0.29) is 5.91 Å². The Morgan fingerprint density at radius 2 is 2.00 bits per heavy atom. The molecule has 1 aromatic heterocycles. The van der Waals surface area contributed by atoms with Crippen molar-refractivity contribution in [2.45, 2.75) is 19.8 Å². The number of anilines is 1. The highest BCUT2D eigenvalue weighted by Crippen LogP contribution is 2.23. The van der Waals surface area contributed by atoms with Crippen LogP contribution in [-0.4, -0.2) is 67.0 Å². The molecule has 0 saturated carbocycles. The van der Waals surface area contributed by atoms with Crippen molar-refractivity contribution in [2.24, 2.45) is 5.92 Å². The minimum atomic E-state index is 0.147. The first-order valence-electron chi connectivity index (χ1n) is 8.33. The highest BCUT2D eigenvalue weighted by molar-refractivity contribution is 5.99. The van der Waals surface area contributed by atoms with Crippen LogP contribution in [0.3, 0.4) is 0 Å². The fourth-order valence-electron chi connectivity index (χ4n) is 3.38. The van der Waals surface area contributed by atoms with E-state index >= 15 is 0 Å². The molecule has 2 saturated heterocycles. The van der Waals surface area contributed by atoms with Crippen LogP contribution in [0.4, 0.5) is 5.82 Å². The molecule has 0 radical (unpaired) electrons. The van der Waals surface area contributed by atoms with E-state index in [9.17, 15) is 4.79 Å². The van der Waals surface area contributed by atoms with Gasteiger partial charge < -0.3 is 14.7 Å². The molecule has 1 aromatic rings. The summed E-state index contributed by atoms with van der Waals surface area (Å²) >= 11 is 0. The summed E-state index contributed by atoms with van der Waals surface area (Å²) in [6.45, 7) is 7.88. The van der Waals surface area contributed by atoms with Gasteiger partial charge in [0, 0.05) is 45.5 Å². The number of pyridine rings is 1. The van der Waals surface area contributed by atoms with E-state index in [1.165, 1.54) is 6.42 Å². The summed E-state index contributed by atoms with van der Waals surface area (Å²) in [7, 11) is 2.14. The molecule has 0 aliphatic carbocycles. The number of hydrogen-bond acceptors (Lipinski definition) is 4. The summed E-state index contributed by atoms with van der Waals surface area (Å²) in [6.07, 6.45) is 4.13. The number of likely N-dealkylation sites (N-methyl/N-ethyl adjacent to an activating group) is 1. The molecule has 2 aliphatic rings. The standard InChI is InChI=1S/C17H26N4O/c1-14-5-4-8-21(13-14)17(22)15-6-3-7-18-16(15)20-11-9-19(2)10-12-20/h3,6-7,14H,4-5,8-13H2,1-2H3. The van der Waals surface area contributed by atoms with Crippen LogP contribution in [0, 0.1) is 5.92 Å². The molecule has 5 heteroatoms. The van der Waals surface area contributed by atoms with E-state index in [0.29, 0.717) is 5.92 Å². The highest BCUT2D eigenvalue weighted by Gasteiger charge is 2.26. The van der Waals surface area contributed by atoms with Crippen molar-refractivity contribution in [3.8, 4) is 0 Å². The molecule has 3 rings (SSSR count). The van der Waals surface area contributed by atoms with E-state index in [2.05, 4.69) is 28.8 Å². The van der Waals surface area contributed by atoms with Crippen LogP contribution in [0.1, 0.15) is 30.1 Å². The Morgan fingerprint density at radius 1 is 1.23 bits per heavy atom. The van der Waals surface area contributed by atoms with E-state index in [1.54, 1.807) is 6.20 Å². The van der Waals surface area contributed by atoms with Crippen molar-refractivity contribution < 1.29 is 4.79 Å². The lowest BCUT2D eigenvalue weighted by Gasteiger charge is -2.35. The van der Waals surface area contributed by atoms with Crippen molar-refractivity contribution in [3.63, 3.8) is 0 Å². The van der Waals surface area contributed by atoms with Gasteiger partial charge in [-0.2, -0.15) is 0 Å². The molecule has 120 valence electrons. The molecule has 2 fully saturated rings. The van der Waals surface area contributed by atoms with Crippen LogP contribution >= 0.6 is 0 Å². The van der Waals surface area contributed by atoms with Crippen LogP contribution < -0.4 is 4.90 Å². The van der Waals surface area contributed by atoms with Gasteiger partial charge in [-0.1, -0.05) is 6.92 Å². The van der Waals surface area contributed by atoms with Gasteiger partial charge in [-0.15, -0.1) is 0 Å². The number of likely N-dealkylation sites (tertiary alicyclic amines) is 1. The molecule has 5 nitrogen and oxygen atoms in total. The van der Waals surface area contributed by atoms with Crippen LogP contribution in [0.15, 0.2) is 18.3 Å². The second-order valence-electron chi connectivity index (χ2n) is 6.66. The molecule has 2 aliphatic heterocycles. The van der Waals surface area contributed by atoms with Gasteiger partial charge >= 0.3 is 0 Å². The number of hydrogen-bond donors (Lipinski definition) is 0. The van der Waals surface area contributed by atoms with Gasteiger partial charge in [0.05, 0.1) is 5.56 Å². The predicted octanol–water partition coefficient (Wildman–Crippen LogP) is 1.71. The van der Waals surface area contributed by atoms with Crippen molar-refractivity contribution in [3.05, 3.63) is 23.9 Å². The summed E-state index contributed by atoms with van der Waals surface area (Å²) in [4.78, 5) is 24.0. The number of nitrogens with zero attached hydrogens (tertiary/aromatic N) is 4. The Balaban J connectivity index is 1.80. The largest absolute Gasteiger partial charge is 0.353 e. The maximum Gasteiger partial charge on any atom is 0.257 e. The molecular weight excluding hydrogens is 276 g/mol. The van der Waals surface area contributed by atoms with Crippen molar-refractivity contribution in [2.75, 3.05) is 51.2 Å². The summed E-state index contributed by atoms with van der Waals surface area (Å²) in [5, 5.41) is 0. The first-order chi connectivity index (χ1) is 10.6. The monoisotopic (exact) mass is 302 g/mol. The van der Waals surface area contributed by atoms with Crippen molar-refractivity contribution in [1.29, 1.82) is 0 Å². The number of piperidine rings is 1. The highest BCUT2D eigenvalue weighted by atomic mass is 16.2. The SMILES string of the molecule is CC1CCCN(C(=O)c2cccnc2N2CCN(C)CC2)C1. The van der Waals surface area contributed by atoms with Gasteiger partial charge in [0.25, 0.3) is 5.91 Å². The van der Waals surface area contributed by atoms with Gasteiger partial charge in [-0.05, 0) is 37.9 Å². The molecule has 0 N–H and O–H groups in total. The lowest BCUT2D eigenvalue weighted by atomic mass is 9.99. The topological polar surface area (TPSA) is 39.7 Å². The van der Waals surface area contributed by atoms with Crippen molar-refractivity contribution >= 4 is 11.7 Å². The summed E-state index contributed by atoms with van der Waals surface area (Å²) in [5.41, 5.74) is 0.765. The number of aromatic nitrogens is 1. The second kappa shape index (κ2) is 6.65. The number of carbonyl (C=O) groups excluding carboxylic acids is 1. The maximum absolute atomic E-state index is 12.9. The Hall–Kier alpha value is -1.62. The summed E-state index contributed by atoms with van der Waals surface area (Å²) < 4.78 is 0. The third-order valence-electron chi connectivity index (χ3n) is 4.76. The van der Waals surface area contributed by atoms with Gasteiger partial charge in [-0.25, -0.2) is 4.98 Å². The smallest absolute Gasteiger partial charge is 0.257 e. The van der Waals surface area contributed by atoms with E-state index in [1.807, 2.05) is 17.0 Å². The zero-order valence-corrected chi connectivity index (χ0v) is 13.7. The first-order valence-corrected chi connectivity index (χ1v) is 8.33. The van der Waals surface area contributed by atoms with Crippen molar-refractivity contribution in [1.82, 2.24) is 14.8 Å². The zero-order valence-electron chi connectivity index (χ0n) is 13.7. The molecule has 1 unspecified atom stereocenters. The number of rotatable bonds is 2.